The van der Waals surface area contributed by atoms with Crippen LogP contribution in [0.1, 0.15) is 90.2 Å². The number of rotatable bonds is 24. The number of aliphatic hydroxyl groups excluding tert-OH is 1. The van der Waals surface area contributed by atoms with E-state index < -0.39 is 52.6 Å². The molecule has 6 amide bonds. The first-order chi connectivity index (χ1) is 27.4. The van der Waals surface area contributed by atoms with Crippen LogP contribution in [-0.4, -0.2) is 100 Å². The molecule has 58 heavy (non-hydrogen) atoms. The maximum absolute atomic E-state index is 13.8. The van der Waals surface area contributed by atoms with Gasteiger partial charge < -0.3 is 52.2 Å². The van der Waals surface area contributed by atoms with Crippen molar-refractivity contribution in [2.75, 3.05) is 25.0 Å². The van der Waals surface area contributed by atoms with E-state index in [1.54, 1.807) is 24.3 Å². The second kappa shape index (κ2) is 23.0. The number of likely N-dealkylation sites (tertiary alicyclic amines) is 1. The third-order valence-corrected chi connectivity index (χ3v) is 10.2. The minimum absolute atomic E-state index is 0.0169. The number of nitrogens with zero attached hydrogens (tertiary/aromatic N) is 1. The fraction of sp³-hybridized carbons (Fsp3) is 0.561. The molecular formula is C41H61N7O9S. The predicted octanol–water partition coefficient (Wildman–Crippen LogP) is 2.66. The minimum atomic E-state index is -1.01. The zero-order valence-corrected chi connectivity index (χ0v) is 34.9. The van der Waals surface area contributed by atoms with E-state index in [1.165, 1.54) is 4.90 Å². The molecule has 2 aromatic carbocycles. The van der Waals surface area contributed by atoms with Gasteiger partial charge in [-0.2, -0.15) is 12.6 Å². The second-order valence-corrected chi connectivity index (χ2v) is 16.4. The number of hydrogen-bond donors (Lipinski definition) is 8. The normalized spacial score (nSPS) is 16.6. The van der Waals surface area contributed by atoms with E-state index in [4.69, 9.17) is 20.9 Å². The van der Waals surface area contributed by atoms with Crippen molar-refractivity contribution >= 4 is 53.9 Å². The predicted molar refractivity (Wildman–Crippen MR) is 222 cm³/mol. The molecular weight excluding hydrogens is 767 g/mol. The van der Waals surface area contributed by atoms with Gasteiger partial charge in [-0.3, -0.25) is 24.0 Å². The van der Waals surface area contributed by atoms with E-state index in [0.29, 0.717) is 49.9 Å². The lowest BCUT2D eigenvalue weighted by Gasteiger charge is -2.31. The van der Waals surface area contributed by atoms with Crippen LogP contribution in [0.15, 0.2) is 54.6 Å². The molecule has 0 spiro atoms. The Morgan fingerprint density at radius 3 is 2.21 bits per heavy atom. The van der Waals surface area contributed by atoms with Crippen LogP contribution in [0.25, 0.3) is 0 Å². The molecule has 1 saturated heterocycles. The Labute approximate surface area is 346 Å². The number of primary amides is 1. The first-order valence-corrected chi connectivity index (χ1v) is 20.2. The molecule has 320 valence electrons. The van der Waals surface area contributed by atoms with Gasteiger partial charge in [-0.1, -0.05) is 42.5 Å². The quantitative estimate of drug-likeness (QED) is 0.0568. The van der Waals surface area contributed by atoms with Crippen LogP contribution in [0.3, 0.4) is 0 Å². The summed E-state index contributed by atoms with van der Waals surface area (Å²) >= 11 is 4.21. The van der Waals surface area contributed by atoms with Crippen molar-refractivity contribution in [2.24, 2.45) is 11.5 Å². The molecule has 1 aliphatic heterocycles. The lowest BCUT2D eigenvalue weighted by atomic mass is 9.99. The summed E-state index contributed by atoms with van der Waals surface area (Å²) in [5, 5.41) is 21.2. The van der Waals surface area contributed by atoms with Gasteiger partial charge in [-0.25, -0.2) is 4.79 Å². The number of unbranched alkanes of at least 4 members (excludes halogenated alkanes) is 1. The van der Waals surface area contributed by atoms with Crippen LogP contribution in [0.5, 0.6) is 0 Å². The molecule has 4 unspecified atom stereocenters. The summed E-state index contributed by atoms with van der Waals surface area (Å²) in [7, 11) is 0. The summed E-state index contributed by atoms with van der Waals surface area (Å²) < 4.78 is 10.9. The summed E-state index contributed by atoms with van der Waals surface area (Å²) in [6.45, 7) is 8.23. The van der Waals surface area contributed by atoms with E-state index in [2.05, 4.69) is 33.9 Å². The van der Waals surface area contributed by atoms with Gasteiger partial charge in [0.1, 0.15) is 24.9 Å². The largest absolute Gasteiger partial charge is 0.445 e. The summed E-state index contributed by atoms with van der Waals surface area (Å²) in [6, 6.07) is 14.0. The van der Waals surface area contributed by atoms with Crippen molar-refractivity contribution in [2.45, 2.75) is 127 Å². The second-order valence-electron chi connectivity index (χ2n) is 15.8. The molecule has 4 atom stereocenters. The average molecular weight is 828 g/mol. The van der Waals surface area contributed by atoms with E-state index in [0.717, 1.165) is 5.56 Å². The number of hydrogen-bond acceptors (Lipinski definition) is 11. The lowest BCUT2D eigenvalue weighted by Crippen LogP contribution is -2.53. The van der Waals surface area contributed by atoms with Crippen LogP contribution in [-0.2, 0) is 46.5 Å². The molecule has 1 aliphatic rings. The molecule has 2 aromatic rings. The highest BCUT2D eigenvalue weighted by molar-refractivity contribution is 7.81. The fourth-order valence-corrected chi connectivity index (χ4v) is 6.55. The number of anilines is 1. The Hall–Kier alpha value is -4.71. The van der Waals surface area contributed by atoms with E-state index >= 15 is 0 Å². The van der Waals surface area contributed by atoms with Gasteiger partial charge in [0.15, 0.2) is 0 Å². The highest BCUT2D eigenvalue weighted by atomic mass is 32.1. The Bertz CT molecular complexity index is 1680. The Morgan fingerprint density at radius 1 is 0.897 bits per heavy atom. The number of carbonyl (C=O) groups excluding carboxylic acids is 6. The smallest absolute Gasteiger partial charge is 0.404 e. The summed E-state index contributed by atoms with van der Waals surface area (Å²) in [5.41, 5.74) is 11.4. The van der Waals surface area contributed by atoms with Crippen LogP contribution < -0.4 is 32.7 Å². The number of aliphatic hydroxyl groups is 1. The first kappa shape index (κ1) is 47.7. The fourth-order valence-electron chi connectivity index (χ4n) is 6.24. The van der Waals surface area contributed by atoms with Crippen LogP contribution in [0, 0.1) is 0 Å². The highest BCUT2D eigenvalue weighted by Gasteiger charge is 2.36. The van der Waals surface area contributed by atoms with Gasteiger partial charge in [-0.05, 0) is 89.6 Å². The van der Waals surface area contributed by atoms with Crippen molar-refractivity contribution in [1.82, 2.24) is 20.9 Å². The van der Waals surface area contributed by atoms with Crippen molar-refractivity contribution < 1.29 is 43.3 Å². The molecule has 1 heterocycles. The van der Waals surface area contributed by atoms with Crippen LogP contribution in [0.2, 0.25) is 0 Å². The molecule has 3 rings (SSSR count). The molecule has 0 aromatic heterocycles. The molecule has 9 N–H and O–H groups in total. The number of ether oxygens (including phenoxy) is 2. The van der Waals surface area contributed by atoms with Crippen molar-refractivity contribution in [1.29, 1.82) is 0 Å². The van der Waals surface area contributed by atoms with Gasteiger partial charge >= 0.3 is 6.09 Å². The lowest BCUT2D eigenvalue weighted by molar-refractivity contribution is -0.134. The summed E-state index contributed by atoms with van der Waals surface area (Å²) in [5.74, 6) is -1.82. The minimum Gasteiger partial charge on any atom is -0.445 e. The molecule has 17 heteroatoms. The zero-order chi connectivity index (χ0) is 42.9. The molecule has 16 nitrogen and oxygen atoms in total. The number of nitrogens with two attached hydrogens (primary N) is 2. The summed E-state index contributed by atoms with van der Waals surface area (Å²) in [4.78, 5) is 77.6. The number of thiol groups is 1. The highest BCUT2D eigenvalue weighted by Crippen LogP contribution is 2.23. The Kier molecular flexibility index (Phi) is 18.9. The number of amides is 6. The Morgan fingerprint density at radius 2 is 1.59 bits per heavy atom. The van der Waals surface area contributed by atoms with Crippen LogP contribution >= 0.6 is 12.6 Å². The van der Waals surface area contributed by atoms with Gasteiger partial charge in [-0.15, -0.1) is 0 Å². The van der Waals surface area contributed by atoms with Gasteiger partial charge in [0, 0.05) is 50.1 Å². The van der Waals surface area contributed by atoms with Gasteiger partial charge in [0.2, 0.25) is 29.5 Å². The molecule has 0 bridgehead atoms. The van der Waals surface area contributed by atoms with E-state index in [-0.39, 0.29) is 63.2 Å². The summed E-state index contributed by atoms with van der Waals surface area (Å²) in [6.07, 6.45) is 0.843. The molecule has 0 aliphatic carbocycles. The number of benzene rings is 2. The van der Waals surface area contributed by atoms with Crippen molar-refractivity contribution in [3.63, 3.8) is 0 Å². The van der Waals surface area contributed by atoms with Gasteiger partial charge in [0.05, 0.1) is 10.9 Å². The molecule has 0 radical (unpaired) electrons. The SMILES string of the molecule is CC(C)(CCOC(C)(C)CCC(=O)NC(Cc1ccccc1)C(=O)NC(CCCCN)C(=O)Nc1ccc(COC(N)=O)cc1)NC(=O)CCN1C(=O)CC(S)C1O. The Balaban J connectivity index is 1.56. The number of nitrogens with one attached hydrogen (secondary N) is 4. The van der Waals surface area contributed by atoms with Gasteiger partial charge in [0.25, 0.3) is 0 Å². The zero-order valence-electron chi connectivity index (χ0n) is 34.0. The number of carbonyl (C=O) groups is 6. The third-order valence-electron chi connectivity index (χ3n) is 9.72. The first-order valence-electron chi connectivity index (χ1n) is 19.6. The average Bonchev–Trinajstić information content (AvgIpc) is 3.40. The van der Waals surface area contributed by atoms with E-state index in [9.17, 15) is 33.9 Å². The van der Waals surface area contributed by atoms with Crippen molar-refractivity contribution in [3.8, 4) is 0 Å². The third kappa shape index (κ3) is 17.0. The maximum atomic E-state index is 13.8. The van der Waals surface area contributed by atoms with E-state index in [1.807, 2.05) is 58.0 Å². The van der Waals surface area contributed by atoms with Crippen molar-refractivity contribution in [3.05, 3.63) is 65.7 Å². The van der Waals surface area contributed by atoms with Crippen LogP contribution in [0.4, 0.5) is 10.5 Å². The molecule has 0 saturated carbocycles. The molecule has 1 fully saturated rings. The standard InChI is InChI=1S/C41H61N7O9S/c1-40(2,47-34(50)18-22-48-35(51)25-32(58)38(48)54)20-23-57-41(3,4)19-17-33(49)45-31(24-27-10-6-5-7-11-27)37(53)46-30(12-8-9-21-42)36(52)44-29-15-13-28(14-16-29)26-56-39(43)55/h5-7,10-11,13-16,30-32,38,54,58H,8-9,12,17-26,42H2,1-4H3,(H2,43,55)(H,44,52)(H,45,49)(H,46,53)(H,47,50). The monoisotopic (exact) mass is 827 g/mol. The maximum Gasteiger partial charge on any atom is 0.404 e. The topological polar surface area (TPSA) is 245 Å².